The SMILES string of the molecule is Cc1noc(CCCC(=O)N2CCCC[C@@H]2CN)n1. The summed E-state index contributed by atoms with van der Waals surface area (Å²) in [4.78, 5) is 18.2. The normalized spacial score (nSPS) is 19.7. The topological polar surface area (TPSA) is 85.2 Å². The number of amides is 1. The molecule has 1 fully saturated rings. The molecule has 0 aliphatic carbocycles. The van der Waals surface area contributed by atoms with Crippen LogP contribution in [0.15, 0.2) is 4.52 Å². The van der Waals surface area contributed by atoms with Crippen molar-refractivity contribution in [1.82, 2.24) is 15.0 Å². The molecule has 6 nitrogen and oxygen atoms in total. The second kappa shape index (κ2) is 6.65. The Balaban J connectivity index is 1.77. The first kappa shape index (κ1) is 14.0. The third-order valence-electron chi connectivity index (χ3n) is 3.57. The predicted octanol–water partition coefficient (Wildman–Crippen LogP) is 1.04. The van der Waals surface area contributed by atoms with Crippen LogP contribution in [0.2, 0.25) is 0 Å². The molecule has 2 heterocycles. The van der Waals surface area contributed by atoms with Gasteiger partial charge in [-0.1, -0.05) is 5.16 Å². The lowest BCUT2D eigenvalue weighted by Gasteiger charge is -2.35. The van der Waals surface area contributed by atoms with Crippen LogP contribution in [0, 0.1) is 6.92 Å². The second-order valence-electron chi connectivity index (χ2n) is 5.06. The van der Waals surface area contributed by atoms with Gasteiger partial charge in [0.2, 0.25) is 11.8 Å². The highest BCUT2D eigenvalue weighted by molar-refractivity contribution is 5.76. The first-order chi connectivity index (χ1) is 9.20. The van der Waals surface area contributed by atoms with Crippen LogP contribution < -0.4 is 5.73 Å². The zero-order chi connectivity index (χ0) is 13.7. The first-order valence-electron chi connectivity index (χ1n) is 6.99. The van der Waals surface area contributed by atoms with E-state index < -0.39 is 0 Å². The van der Waals surface area contributed by atoms with Crippen LogP contribution >= 0.6 is 0 Å². The molecule has 1 aromatic rings. The zero-order valence-corrected chi connectivity index (χ0v) is 11.5. The molecule has 1 aromatic heterocycles. The minimum atomic E-state index is 0.200. The monoisotopic (exact) mass is 266 g/mol. The van der Waals surface area contributed by atoms with E-state index >= 15 is 0 Å². The lowest BCUT2D eigenvalue weighted by Crippen LogP contribution is -2.47. The number of nitrogens with two attached hydrogens (primary N) is 1. The lowest BCUT2D eigenvalue weighted by atomic mass is 10.0. The average Bonchev–Trinajstić information content (AvgIpc) is 2.84. The minimum Gasteiger partial charge on any atom is -0.339 e. The summed E-state index contributed by atoms with van der Waals surface area (Å²) < 4.78 is 5.03. The number of hydrogen-bond donors (Lipinski definition) is 1. The molecule has 1 aliphatic heterocycles. The van der Waals surface area contributed by atoms with Crippen molar-refractivity contribution in [2.24, 2.45) is 5.73 Å². The minimum absolute atomic E-state index is 0.200. The van der Waals surface area contributed by atoms with Gasteiger partial charge in [-0.25, -0.2) is 0 Å². The second-order valence-corrected chi connectivity index (χ2v) is 5.06. The van der Waals surface area contributed by atoms with Crippen LogP contribution in [0.5, 0.6) is 0 Å². The molecule has 106 valence electrons. The molecule has 1 saturated heterocycles. The Labute approximate surface area is 113 Å². The number of nitrogens with zero attached hydrogens (tertiary/aromatic N) is 3. The molecule has 0 bridgehead atoms. The summed E-state index contributed by atoms with van der Waals surface area (Å²) in [6.07, 6.45) is 5.23. The molecule has 19 heavy (non-hydrogen) atoms. The van der Waals surface area contributed by atoms with Gasteiger partial charge in [0.15, 0.2) is 5.82 Å². The van der Waals surface area contributed by atoms with E-state index in [1.807, 2.05) is 4.90 Å². The summed E-state index contributed by atoms with van der Waals surface area (Å²) in [5.74, 6) is 1.45. The van der Waals surface area contributed by atoms with E-state index in [1.54, 1.807) is 6.92 Å². The largest absolute Gasteiger partial charge is 0.339 e. The van der Waals surface area contributed by atoms with Crippen LogP contribution in [-0.2, 0) is 11.2 Å². The van der Waals surface area contributed by atoms with E-state index in [0.29, 0.717) is 31.1 Å². The highest BCUT2D eigenvalue weighted by Gasteiger charge is 2.24. The maximum absolute atomic E-state index is 12.2. The Morgan fingerprint density at radius 1 is 1.53 bits per heavy atom. The summed E-state index contributed by atoms with van der Waals surface area (Å²) in [5, 5.41) is 3.73. The molecule has 0 radical (unpaired) electrons. The highest BCUT2D eigenvalue weighted by atomic mass is 16.5. The summed E-state index contributed by atoms with van der Waals surface area (Å²) in [7, 11) is 0. The number of carbonyl (C=O) groups is 1. The van der Waals surface area contributed by atoms with Gasteiger partial charge in [-0.3, -0.25) is 4.79 Å². The maximum Gasteiger partial charge on any atom is 0.226 e. The maximum atomic E-state index is 12.2. The van der Waals surface area contributed by atoms with Crippen molar-refractivity contribution in [1.29, 1.82) is 0 Å². The van der Waals surface area contributed by atoms with Crippen molar-refractivity contribution in [3.05, 3.63) is 11.7 Å². The zero-order valence-electron chi connectivity index (χ0n) is 11.5. The van der Waals surface area contributed by atoms with Gasteiger partial charge in [0.05, 0.1) is 0 Å². The van der Waals surface area contributed by atoms with E-state index in [1.165, 1.54) is 6.42 Å². The van der Waals surface area contributed by atoms with E-state index in [9.17, 15) is 4.79 Å². The number of rotatable bonds is 5. The number of hydrogen-bond acceptors (Lipinski definition) is 5. The van der Waals surface area contributed by atoms with E-state index in [0.717, 1.165) is 25.8 Å². The molecule has 1 aliphatic rings. The van der Waals surface area contributed by atoms with Crippen molar-refractivity contribution in [3.63, 3.8) is 0 Å². The molecule has 2 N–H and O–H groups in total. The molecule has 0 unspecified atom stereocenters. The van der Waals surface area contributed by atoms with Gasteiger partial charge in [0, 0.05) is 32.0 Å². The van der Waals surface area contributed by atoms with Gasteiger partial charge in [-0.2, -0.15) is 4.98 Å². The summed E-state index contributed by atoms with van der Waals surface area (Å²) >= 11 is 0. The van der Waals surface area contributed by atoms with E-state index in [2.05, 4.69) is 10.1 Å². The Bertz CT molecular complexity index is 419. The molecule has 0 saturated carbocycles. The van der Waals surface area contributed by atoms with Crippen molar-refractivity contribution >= 4 is 5.91 Å². The molecule has 2 rings (SSSR count). The molecular formula is C13H22N4O2. The van der Waals surface area contributed by atoms with Gasteiger partial charge in [0.1, 0.15) is 0 Å². The Morgan fingerprint density at radius 2 is 2.37 bits per heavy atom. The molecule has 0 aromatic carbocycles. The van der Waals surface area contributed by atoms with Crippen molar-refractivity contribution in [2.45, 2.75) is 51.5 Å². The van der Waals surface area contributed by atoms with E-state index in [4.69, 9.17) is 10.3 Å². The number of aryl methyl sites for hydroxylation is 2. The van der Waals surface area contributed by atoms with Crippen LogP contribution in [0.3, 0.4) is 0 Å². The van der Waals surface area contributed by atoms with Crippen LogP contribution in [0.1, 0.15) is 43.8 Å². The Kier molecular flexibility index (Phi) is 4.90. The van der Waals surface area contributed by atoms with Crippen LogP contribution in [0.25, 0.3) is 0 Å². The number of piperidine rings is 1. The van der Waals surface area contributed by atoms with Crippen molar-refractivity contribution in [3.8, 4) is 0 Å². The lowest BCUT2D eigenvalue weighted by molar-refractivity contribution is -0.134. The van der Waals surface area contributed by atoms with Gasteiger partial charge in [0.25, 0.3) is 0 Å². The Morgan fingerprint density at radius 3 is 3.05 bits per heavy atom. The summed E-state index contributed by atoms with van der Waals surface area (Å²) in [5.41, 5.74) is 5.73. The smallest absolute Gasteiger partial charge is 0.226 e. The van der Waals surface area contributed by atoms with Gasteiger partial charge < -0.3 is 15.2 Å². The summed E-state index contributed by atoms with van der Waals surface area (Å²) in [6, 6.07) is 0.229. The number of aromatic nitrogens is 2. The summed E-state index contributed by atoms with van der Waals surface area (Å²) in [6.45, 7) is 3.20. The molecule has 0 spiro atoms. The highest BCUT2D eigenvalue weighted by Crippen LogP contribution is 2.17. The van der Waals surface area contributed by atoms with Crippen molar-refractivity contribution < 1.29 is 9.32 Å². The molecular weight excluding hydrogens is 244 g/mol. The van der Waals surface area contributed by atoms with Gasteiger partial charge in [-0.15, -0.1) is 0 Å². The van der Waals surface area contributed by atoms with Gasteiger partial charge >= 0.3 is 0 Å². The van der Waals surface area contributed by atoms with Crippen LogP contribution in [-0.4, -0.2) is 40.1 Å². The fourth-order valence-corrected chi connectivity index (χ4v) is 2.55. The van der Waals surface area contributed by atoms with E-state index in [-0.39, 0.29) is 11.9 Å². The first-order valence-corrected chi connectivity index (χ1v) is 6.99. The fourth-order valence-electron chi connectivity index (χ4n) is 2.55. The number of carbonyl (C=O) groups excluding carboxylic acids is 1. The quantitative estimate of drug-likeness (QED) is 0.860. The molecule has 1 amide bonds. The molecule has 6 heteroatoms. The third kappa shape index (κ3) is 3.76. The third-order valence-corrected chi connectivity index (χ3v) is 3.57. The predicted molar refractivity (Wildman–Crippen MR) is 70.4 cm³/mol. The fraction of sp³-hybridized carbons (Fsp3) is 0.769. The average molecular weight is 266 g/mol. The standard InChI is InChI=1S/C13H22N4O2/c1-10-15-12(19-16-10)6-4-7-13(18)17-8-3-2-5-11(17)9-14/h11H,2-9,14H2,1H3/t11-/m1/s1. The number of likely N-dealkylation sites (tertiary alicyclic amines) is 1. The van der Waals surface area contributed by atoms with Crippen molar-refractivity contribution in [2.75, 3.05) is 13.1 Å². The van der Waals surface area contributed by atoms with Crippen LogP contribution in [0.4, 0.5) is 0 Å². The Hall–Kier alpha value is -1.43. The molecule has 1 atom stereocenters. The van der Waals surface area contributed by atoms with Gasteiger partial charge in [-0.05, 0) is 32.6 Å².